The number of H-pyrrole nitrogens is 1. The van der Waals surface area contributed by atoms with E-state index in [-0.39, 0.29) is 0 Å². The summed E-state index contributed by atoms with van der Waals surface area (Å²) < 4.78 is 13.4. The van der Waals surface area contributed by atoms with E-state index in [4.69, 9.17) is 17.8 Å². The molecule has 224 valence electrons. The van der Waals surface area contributed by atoms with Crippen molar-refractivity contribution in [3.63, 3.8) is 0 Å². The number of pyridine rings is 1. The smallest absolute Gasteiger partial charge is 0.212 e. The lowest BCUT2D eigenvalue weighted by atomic mass is 9.98. The summed E-state index contributed by atoms with van der Waals surface area (Å²) in [4.78, 5) is 10.1. The Morgan fingerprint density at radius 3 is 2.39 bits per heavy atom. The van der Waals surface area contributed by atoms with Crippen LogP contribution in [0.2, 0.25) is 0 Å². The van der Waals surface area contributed by atoms with Gasteiger partial charge in [0.2, 0.25) is 12.1 Å². The molecule has 0 amide bonds. The minimum Gasteiger partial charge on any atom is -0.384 e. The third-order valence-corrected chi connectivity index (χ3v) is 8.12. The zero-order chi connectivity index (χ0) is 30.5. The molecule has 0 aliphatic heterocycles. The molecule has 2 N–H and O–H groups in total. The summed E-state index contributed by atoms with van der Waals surface area (Å²) in [6.45, 7) is 2.75. The summed E-state index contributed by atoms with van der Waals surface area (Å²) in [7, 11) is 1.57. The van der Waals surface area contributed by atoms with Crippen molar-refractivity contribution in [3.05, 3.63) is 113 Å². The molecule has 11 heteroatoms. The SMILES string of the molecule is CCCCc1nc2cc(C(O)c3ccccc3)c(C(OC)OI)nc2n1Cc1ccc(-c2ccccc2-c2nn[nH]n2)cc1. The second-order valence-corrected chi connectivity index (χ2v) is 11.0. The van der Waals surface area contributed by atoms with E-state index >= 15 is 0 Å². The predicted molar refractivity (Wildman–Crippen MR) is 176 cm³/mol. The number of aliphatic hydroxyl groups excluding tert-OH is 1. The number of tetrazole rings is 1. The Labute approximate surface area is 269 Å². The zero-order valence-electron chi connectivity index (χ0n) is 24.4. The summed E-state index contributed by atoms with van der Waals surface area (Å²) in [6.07, 6.45) is 1.17. The molecular formula is C33H32IN7O3. The maximum atomic E-state index is 11.4. The molecule has 44 heavy (non-hydrogen) atoms. The molecule has 2 atom stereocenters. The van der Waals surface area contributed by atoms with Crippen molar-refractivity contribution in [1.82, 2.24) is 35.2 Å². The Hall–Kier alpha value is -4.04. The Morgan fingerprint density at radius 1 is 0.955 bits per heavy atom. The van der Waals surface area contributed by atoms with Crippen LogP contribution in [0.5, 0.6) is 0 Å². The van der Waals surface area contributed by atoms with Crippen LogP contribution >= 0.6 is 23.0 Å². The molecule has 0 bridgehead atoms. The number of imidazole rings is 1. The van der Waals surface area contributed by atoms with Crippen molar-refractivity contribution < 1.29 is 12.9 Å². The summed E-state index contributed by atoms with van der Waals surface area (Å²) in [5.41, 5.74) is 7.40. The number of aliphatic hydroxyl groups is 1. The molecule has 0 radical (unpaired) electrons. The van der Waals surface area contributed by atoms with Crippen LogP contribution in [-0.2, 0) is 20.8 Å². The van der Waals surface area contributed by atoms with Gasteiger partial charge in [-0.3, -0.25) is 3.07 Å². The van der Waals surface area contributed by atoms with E-state index in [0.29, 0.717) is 23.6 Å². The highest BCUT2D eigenvalue weighted by atomic mass is 127. The van der Waals surface area contributed by atoms with Gasteiger partial charge in [-0.15, -0.1) is 10.2 Å². The molecule has 3 aromatic heterocycles. The van der Waals surface area contributed by atoms with Crippen molar-refractivity contribution in [1.29, 1.82) is 0 Å². The van der Waals surface area contributed by atoms with Crippen LogP contribution in [0.3, 0.4) is 0 Å². The average Bonchev–Trinajstić information content (AvgIpc) is 3.73. The van der Waals surface area contributed by atoms with Crippen LogP contribution in [-0.4, -0.2) is 47.4 Å². The third kappa shape index (κ3) is 6.13. The van der Waals surface area contributed by atoms with Crippen molar-refractivity contribution in [2.24, 2.45) is 0 Å². The molecule has 0 spiro atoms. The lowest BCUT2D eigenvalue weighted by Crippen LogP contribution is -2.13. The van der Waals surface area contributed by atoms with Gasteiger partial charge in [0.05, 0.1) is 6.54 Å². The van der Waals surface area contributed by atoms with Crippen LogP contribution in [0, 0.1) is 0 Å². The van der Waals surface area contributed by atoms with Crippen molar-refractivity contribution >= 4 is 34.2 Å². The monoisotopic (exact) mass is 701 g/mol. The molecule has 2 unspecified atom stereocenters. The number of benzene rings is 3. The van der Waals surface area contributed by atoms with Crippen LogP contribution in [0.1, 0.15) is 60.4 Å². The number of ether oxygens (including phenoxy) is 1. The molecule has 6 rings (SSSR count). The number of aryl methyl sites for hydroxylation is 1. The number of methoxy groups -OCH3 is 1. The highest BCUT2D eigenvalue weighted by Gasteiger charge is 2.26. The van der Waals surface area contributed by atoms with Gasteiger partial charge in [0, 0.05) is 24.7 Å². The first-order valence-corrected chi connectivity index (χ1v) is 15.3. The molecule has 0 saturated heterocycles. The van der Waals surface area contributed by atoms with Crippen molar-refractivity contribution in [3.8, 4) is 22.5 Å². The lowest BCUT2D eigenvalue weighted by molar-refractivity contribution is -0.0315. The molecule has 0 aliphatic carbocycles. The molecule has 10 nitrogen and oxygen atoms in total. The minimum absolute atomic E-state index is 0.516. The lowest BCUT2D eigenvalue weighted by Gasteiger charge is -2.20. The van der Waals surface area contributed by atoms with Gasteiger partial charge >= 0.3 is 0 Å². The Balaban J connectivity index is 1.40. The quantitative estimate of drug-likeness (QED) is 0.106. The maximum absolute atomic E-state index is 11.4. The number of aromatic nitrogens is 7. The van der Waals surface area contributed by atoms with Crippen LogP contribution < -0.4 is 0 Å². The summed E-state index contributed by atoms with van der Waals surface area (Å²) in [6, 6.07) is 27.9. The van der Waals surface area contributed by atoms with Gasteiger partial charge in [-0.25, -0.2) is 9.97 Å². The second kappa shape index (κ2) is 13.7. The summed E-state index contributed by atoms with van der Waals surface area (Å²) in [5, 5.41) is 26.0. The fourth-order valence-electron chi connectivity index (χ4n) is 5.41. The highest BCUT2D eigenvalue weighted by Crippen LogP contribution is 2.34. The van der Waals surface area contributed by atoms with E-state index in [1.54, 1.807) is 7.11 Å². The number of nitrogens with one attached hydrogen (secondary N) is 1. The molecular weight excluding hydrogens is 669 g/mol. The Morgan fingerprint density at radius 2 is 1.70 bits per heavy atom. The third-order valence-electron chi connectivity index (χ3n) is 7.66. The van der Waals surface area contributed by atoms with Crippen LogP contribution in [0.25, 0.3) is 33.7 Å². The fourth-order valence-corrected chi connectivity index (χ4v) is 5.86. The van der Waals surface area contributed by atoms with Crippen molar-refractivity contribution in [2.45, 2.75) is 45.1 Å². The van der Waals surface area contributed by atoms with E-state index in [0.717, 1.165) is 64.1 Å². The Kier molecular flexibility index (Phi) is 9.36. The van der Waals surface area contributed by atoms with Gasteiger partial charge < -0.3 is 14.4 Å². The molecule has 6 aromatic rings. The van der Waals surface area contributed by atoms with Gasteiger partial charge in [0.1, 0.15) is 46.1 Å². The van der Waals surface area contributed by atoms with Crippen LogP contribution in [0.15, 0.2) is 84.9 Å². The number of nitrogens with zero attached hydrogens (tertiary/aromatic N) is 6. The molecule has 0 aliphatic rings. The molecule has 3 aromatic carbocycles. The number of rotatable bonds is 12. The maximum Gasteiger partial charge on any atom is 0.212 e. The summed E-state index contributed by atoms with van der Waals surface area (Å²) >= 11 is 1.81. The normalized spacial score (nSPS) is 12.9. The zero-order valence-corrected chi connectivity index (χ0v) is 26.5. The molecule has 0 saturated carbocycles. The van der Waals surface area contributed by atoms with E-state index in [9.17, 15) is 5.11 Å². The van der Waals surface area contributed by atoms with Gasteiger partial charge in [-0.2, -0.15) is 5.21 Å². The van der Waals surface area contributed by atoms with Gasteiger partial charge in [0.15, 0.2) is 5.65 Å². The van der Waals surface area contributed by atoms with Gasteiger partial charge in [-0.1, -0.05) is 92.2 Å². The standard InChI is InChI=1S/C33H32IN7O3/c1-3-4-14-28-35-27-19-26(30(42)23-10-6-5-7-11-23)29(33(43-2)44-34)36-32(27)41(28)20-21-15-17-22(18-16-21)24-12-8-9-13-25(24)31-37-39-40-38-31/h5-13,15-19,30,33,42H,3-4,14,20H2,1-2H3,(H,37,38,39,40). The number of hydrogen-bond donors (Lipinski definition) is 2. The number of halogens is 1. The van der Waals surface area contributed by atoms with E-state index in [2.05, 4.69) is 62.4 Å². The number of aromatic amines is 1. The van der Waals surface area contributed by atoms with E-state index < -0.39 is 12.4 Å². The highest BCUT2D eigenvalue weighted by molar-refractivity contribution is 14.1. The topological polar surface area (TPSA) is 124 Å². The first-order valence-electron chi connectivity index (χ1n) is 14.5. The van der Waals surface area contributed by atoms with Crippen molar-refractivity contribution in [2.75, 3.05) is 7.11 Å². The van der Waals surface area contributed by atoms with Gasteiger partial charge in [0.25, 0.3) is 0 Å². The predicted octanol–water partition coefficient (Wildman–Crippen LogP) is 6.76. The van der Waals surface area contributed by atoms with E-state index in [1.807, 2.05) is 77.6 Å². The van der Waals surface area contributed by atoms with Gasteiger partial charge in [-0.05, 0) is 40.0 Å². The second-order valence-electron chi connectivity index (χ2n) is 10.5. The van der Waals surface area contributed by atoms with E-state index in [1.165, 1.54) is 0 Å². The minimum atomic E-state index is -0.917. The first kappa shape index (κ1) is 30.0. The largest absolute Gasteiger partial charge is 0.384 e. The average molecular weight is 702 g/mol. The summed E-state index contributed by atoms with van der Waals surface area (Å²) in [5.74, 6) is 1.50. The molecule has 0 fully saturated rings. The molecule has 3 heterocycles. The number of hydrogen-bond acceptors (Lipinski definition) is 8. The first-order chi connectivity index (χ1) is 21.6. The van der Waals surface area contributed by atoms with Crippen LogP contribution in [0.4, 0.5) is 0 Å². The Bertz CT molecular complexity index is 1820. The number of unbranched alkanes of at least 4 members (excludes halogenated alkanes) is 1. The fraction of sp³-hybridized carbons (Fsp3) is 0.242. The number of fused-ring (bicyclic) bond motifs is 1.